The molecule has 4 rings (SSSR count). The molecule has 1 saturated heterocycles. The van der Waals surface area contributed by atoms with Gasteiger partial charge in [0.25, 0.3) is 0 Å². The molecule has 7 nitrogen and oxygen atoms in total. The Labute approximate surface area is 188 Å². The van der Waals surface area contributed by atoms with Gasteiger partial charge in [-0.3, -0.25) is 9.69 Å². The minimum absolute atomic E-state index is 0.0259. The first-order valence-corrected chi connectivity index (χ1v) is 10.0. The Hall–Kier alpha value is -2.48. The van der Waals surface area contributed by atoms with Crippen LogP contribution in [0.1, 0.15) is 9.81 Å². The van der Waals surface area contributed by atoms with E-state index in [-0.39, 0.29) is 57.1 Å². The van der Waals surface area contributed by atoms with Crippen molar-refractivity contribution in [2.75, 3.05) is 33.3 Å². The number of carbonyl (C=O) groups excluding carboxylic acids is 1. The van der Waals surface area contributed by atoms with Gasteiger partial charge in [0.05, 0.1) is 32.8 Å². The number of halogens is 2. The Morgan fingerprint density at radius 3 is 3.00 bits per heavy atom. The molecule has 2 aliphatic heterocycles. The lowest BCUT2D eigenvalue weighted by Gasteiger charge is -2.39. The van der Waals surface area contributed by atoms with E-state index in [1.54, 1.807) is 11.0 Å². The molecule has 1 aromatic heterocycles. The molecule has 1 N–H and O–H groups in total. The highest BCUT2D eigenvalue weighted by molar-refractivity contribution is 6.38. The molecule has 0 unspecified atom stereocenters. The molecule has 30 heavy (non-hydrogen) atoms. The molecule has 1 amide bonds. The summed E-state index contributed by atoms with van der Waals surface area (Å²) in [6.45, 7) is 5.58. The lowest BCUT2D eigenvalue weighted by molar-refractivity contribution is -0.129. The molecular formula is C21H21Cl2N3O4. The summed E-state index contributed by atoms with van der Waals surface area (Å²) < 4.78 is 33.9. The zero-order valence-electron chi connectivity index (χ0n) is 18.9. The van der Waals surface area contributed by atoms with Gasteiger partial charge in [-0.25, -0.2) is 4.98 Å². The van der Waals surface area contributed by atoms with Gasteiger partial charge >= 0.3 is 0 Å². The minimum Gasteiger partial charge on any atom is -0.507 e. The predicted molar refractivity (Wildman–Crippen MR) is 114 cm³/mol. The molecule has 0 radical (unpaired) electrons. The van der Waals surface area contributed by atoms with E-state index in [1.807, 2.05) is 0 Å². The van der Waals surface area contributed by atoms with Crippen molar-refractivity contribution in [2.24, 2.45) is 0 Å². The van der Waals surface area contributed by atoms with E-state index in [1.165, 1.54) is 18.2 Å². The second-order valence-electron chi connectivity index (χ2n) is 7.04. The summed E-state index contributed by atoms with van der Waals surface area (Å²) in [4.78, 5) is 20.3. The molecular weight excluding hydrogens is 429 g/mol. The summed E-state index contributed by atoms with van der Waals surface area (Å²) in [5.74, 6) is -0.409. The number of methoxy groups -OCH3 is 1. The molecule has 9 heteroatoms. The van der Waals surface area contributed by atoms with Crippen molar-refractivity contribution in [1.29, 1.82) is 0 Å². The van der Waals surface area contributed by atoms with Crippen LogP contribution in [-0.4, -0.2) is 65.1 Å². The largest absolute Gasteiger partial charge is 0.507 e. The Bertz CT molecular complexity index is 1090. The van der Waals surface area contributed by atoms with Gasteiger partial charge in [-0.15, -0.1) is 0 Å². The Morgan fingerprint density at radius 1 is 1.43 bits per heavy atom. The number of nitrogens with zero attached hydrogens (tertiary/aromatic N) is 3. The number of ether oxygens (including phenoxy) is 2. The van der Waals surface area contributed by atoms with Crippen LogP contribution in [0.4, 0.5) is 0 Å². The van der Waals surface area contributed by atoms with Gasteiger partial charge in [0, 0.05) is 31.7 Å². The summed E-state index contributed by atoms with van der Waals surface area (Å²) in [7, 11) is -2.82. The summed E-state index contributed by atoms with van der Waals surface area (Å²) in [6, 6.07) is 4.34. The lowest BCUT2D eigenvalue weighted by atomic mass is 10.0. The molecule has 2 aromatic rings. The molecule has 1 aromatic carbocycles. The fourth-order valence-corrected chi connectivity index (χ4v) is 4.43. The van der Waals surface area contributed by atoms with E-state index in [4.69, 9.17) is 36.8 Å². The van der Waals surface area contributed by atoms with E-state index in [9.17, 15) is 9.90 Å². The van der Waals surface area contributed by atoms with Crippen molar-refractivity contribution in [3.63, 3.8) is 0 Å². The standard InChI is InChI=1S/C21H21Cl2N3O4/c1-3-16(28)26-8-7-25-10-14-20(30-11-12(25)9-26)19(23)18(21(24-14)29-2)17-13(22)5-4-6-15(17)27/h3-6,12,27H,1,7-11H2,2H3/t12-/m1/s1/i2D3. The van der Waals surface area contributed by atoms with Crippen LogP contribution in [0.3, 0.4) is 0 Å². The third kappa shape index (κ3) is 3.57. The van der Waals surface area contributed by atoms with Crippen molar-refractivity contribution < 1.29 is 23.5 Å². The van der Waals surface area contributed by atoms with Crippen LogP contribution in [0, 0.1) is 0 Å². The number of aromatic hydroxyl groups is 1. The van der Waals surface area contributed by atoms with Crippen LogP contribution in [-0.2, 0) is 11.3 Å². The maximum atomic E-state index is 12.1. The van der Waals surface area contributed by atoms with Gasteiger partial charge in [-0.05, 0) is 18.2 Å². The number of phenols is 1. The zero-order valence-corrected chi connectivity index (χ0v) is 17.4. The first-order chi connectivity index (χ1) is 15.6. The predicted octanol–water partition coefficient (Wildman–Crippen LogP) is 3.36. The highest BCUT2D eigenvalue weighted by atomic mass is 35.5. The number of benzene rings is 1. The van der Waals surface area contributed by atoms with Gasteiger partial charge in [-0.1, -0.05) is 35.8 Å². The van der Waals surface area contributed by atoms with Crippen LogP contribution < -0.4 is 9.47 Å². The van der Waals surface area contributed by atoms with E-state index < -0.39 is 7.04 Å². The third-order valence-electron chi connectivity index (χ3n) is 5.33. The summed E-state index contributed by atoms with van der Waals surface area (Å²) >= 11 is 13.0. The summed E-state index contributed by atoms with van der Waals surface area (Å²) in [5.41, 5.74) is 0.505. The average molecular weight is 453 g/mol. The summed E-state index contributed by atoms with van der Waals surface area (Å²) in [5, 5.41) is 10.6. The Kier molecular flexibility index (Phi) is 4.79. The van der Waals surface area contributed by atoms with Crippen LogP contribution >= 0.6 is 23.2 Å². The van der Waals surface area contributed by atoms with Gasteiger partial charge < -0.3 is 19.5 Å². The molecule has 0 saturated carbocycles. The quantitative estimate of drug-likeness (QED) is 0.719. The number of piperazine rings is 1. The molecule has 2 aliphatic rings. The highest BCUT2D eigenvalue weighted by Crippen LogP contribution is 2.48. The number of phenolic OH excluding ortho intramolecular Hbond substituents is 1. The number of pyridine rings is 1. The van der Waals surface area contributed by atoms with E-state index >= 15 is 0 Å². The molecule has 0 bridgehead atoms. The normalized spacial score (nSPS) is 20.5. The van der Waals surface area contributed by atoms with Crippen molar-refractivity contribution in [3.05, 3.63) is 46.6 Å². The second kappa shape index (κ2) is 8.34. The van der Waals surface area contributed by atoms with Gasteiger partial charge in [0.1, 0.15) is 18.1 Å². The Morgan fingerprint density at radius 2 is 2.27 bits per heavy atom. The number of carbonyl (C=O) groups is 1. The van der Waals surface area contributed by atoms with Gasteiger partial charge in [-0.2, -0.15) is 0 Å². The van der Waals surface area contributed by atoms with Gasteiger partial charge in [0.2, 0.25) is 11.8 Å². The van der Waals surface area contributed by atoms with Crippen LogP contribution in [0.5, 0.6) is 17.4 Å². The molecule has 1 fully saturated rings. The monoisotopic (exact) mass is 452 g/mol. The van der Waals surface area contributed by atoms with Crippen LogP contribution in [0.2, 0.25) is 10.0 Å². The minimum atomic E-state index is -2.82. The fraction of sp³-hybridized carbons (Fsp3) is 0.333. The maximum Gasteiger partial charge on any atom is 0.246 e. The number of hydrogen-bond donors (Lipinski definition) is 1. The number of fused-ring (bicyclic) bond motifs is 2. The summed E-state index contributed by atoms with van der Waals surface area (Å²) in [6.07, 6.45) is 1.28. The lowest BCUT2D eigenvalue weighted by Crippen LogP contribution is -2.55. The highest BCUT2D eigenvalue weighted by Gasteiger charge is 2.35. The second-order valence-corrected chi connectivity index (χ2v) is 7.83. The smallest absolute Gasteiger partial charge is 0.246 e. The molecule has 0 aliphatic carbocycles. The fourth-order valence-electron chi connectivity index (χ4n) is 3.83. The molecule has 158 valence electrons. The Balaban J connectivity index is 1.80. The van der Waals surface area contributed by atoms with Gasteiger partial charge in [0.15, 0.2) is 5.75 Å². The molecule has 3 heterocycles. The number of hydrogen-bond acceptors (Lipinski definition) is 6. The van der Waals surface area contributed by atoms with E-state index in [0.717, 1.165) is 0 Å². The zero-order chi connectivity index (χ0) is 23.9. The van der Waals surface area contributed by atoms with Crippen LogP contribution in [0.15, 0.2) is 30.9 Å². The first kappa shape index (κ1) is 17.2. The first-order valence-electron chi connectivity index (χ1n) is 10.8. The third-order valence-corrected chi connectivity index (χ3v) is 6.01. The average Bonchev–Trinajstić information content (AvgIpc) is 2.92. The number of amides is 1. The van der Waals surface area contributed by atoms with Crippen molar-refractivity contribution in [1.82, 2.24) is 14.8 Å². The number of aromatic nitrogens is 1. The SMILES string of the molecule is [2H]C([2H])([2H])Oc1nc2c(c(Cl)c1-c1c(O)cccc1Cl)OC[C@H]1CN(C(=O)C=C)CCN1C2. The van der Waals surface area contributed by atoms with Crippen molar-refractivity contribution >= 4 is 29.1 Å². The van der Waals surface area contributed by atoms with Crippen molar-refractivity contribution in [3.8, 4) is 28.5 Å². The van der Waals surface area contributed by atoms with Crippen LogP contribution in [0.25, 0.3) is 11.1 Å². The maximum absolute atomic E-state index is 12.1. The molecule has 1 atom stereocenters. The van der Waals surface area contributed by atoms with E-state index in [0.29, 0.717) is 31.9 Å². The molecule has 0 spiro atoms. The topological polar surface area (TPSA) is 75.1 Å². The number of rotatable bonds is 3. The van der Waals surface area contributed by atoms with E-state index in [2.05, 4.69) is 16.5 Å². The van der Waals surface area contributed by atoms with Crippen molar-refractivity contribution in [2.45, 2.75) is 12.6 Å².